The zero-order valence-electron chi connectivity index (χ0n) is 9.06. The Kier molecular flexibility index (Phi) is 2.06. The van der Waals surface area contributed by atoms with Crippen LogP contribution in [-0.2, 0) is 9.59 Å². The fraction of sp³-hybridized carbons (Fsp3) is 0.833. The summed E-state index contributed by atoms with van der Waals surface area (Å²) >= 11 is 0. The van der Waals surface area contributed by atoms with Crippen molar-refractivity contribution >= 4 is 11.6 Å². The molecule has 2 aliphatic carbocycles. The quantitative estimate of drug-likeness (QED) is 0.642. The van der Waals surface area contributed by atoms with Gasteiger partial charge in [0, 0.05) is 23.7 Å². The normalized spacial score (nSPS) is 43.6. The van der Waals surface area contributed by atoms with Crippen LogP contribution < -0.4 is 0 Å². The maximum atomic E-state index is 11.9. The lowest BCUT2D eigenvalue weighted by atomic mass is 9.62. The highest BCUT2D eigenvalue weighted by Gasteiger charge is 2.56. The van der Waals surface area contributed by atoms with E-state index in [2.05, 4.69) is 0 Å². The molecule has 2 nitrogen and oxygen atoms in total. The lowest BCUT2D eigenvalue weighted by Gasteiger charge is -2.38. The van der Waals surface area contributed by atoms with E-state index in [9.17, 15) is 9.59 Å². The molecular formula is C12H18O2. The molecule has 2 atom stereocenters. The van der Waals surface area contributed by atoms with Gasteiger partial charge in [0.1, 0.15) is 11.6 Å². The van der Waals surface area contributed by atoms with Gasteiger partial charge in [-0.15, -0.1) is 0 Å². The Hall–Kier alpha value is -0.660. The van der Waals surface area contributed by atoms with Gasteiger partial charge >= 0.3 is 0 Å². The van der Waals surface area contributed by atoms with Crippen molar-refractivity contribution in [2.24, 2.45) is 10.8 Å². The van der Waals surface area contributed by atoms with Crippen molar-refractivity contribution < 1.29 is 9.59 Å². The third-order valence-corrected chi connectivity index (χ3v) is 4.61. The Morgan fingerprint density at radius 3 is 1.43 bits per heavy atom. The molecule has 2 fully saturated rings. The lowest BCUT2D eigenvalue weighted by Crippen LogP contribution is -2.43. The van der Waals surface area contributed by atoms with Gasteiger partial charge in [-0.1, -0.05) is 13.8 Å². The minimum absolute atomic E-state index is 0.315. The van der Waals surface area contributed by atoms with Gasteiger partial charge in [0.2, 0.25) is 0 Å². The molecule has 0 aromatic carbocycles. The van der Waals surface area contributed by atoms with Crippen LogP contribution in [0.5, 0.6) is 0 Å². The Bertz CT molecular complexity index is 265. The number of Topliss-reactive ketones (excluding diaryl/α,β-unsaturated/α-hetero) is 2. The van der Waals surface area contributed by atoms with Gasteiger partial charge in [-0.2, -0.15) is 0 Å². The molecule has 0 aromatic heterocycles. The molecule has 2 saturated carbocycles. The molecule has 0 heterocycles. The summed E-state index contributed by atoms with van der Waals surface area (Å²) in [6.45, 7) is 4.01. The second-order valence-corrected chi connectivity index (χ2v) is 5.22. The topological polar surface area (TPSA) is 34.1 Å². The first-order chi connectivity index (χ1) is 6.51. The number of carbonyl (C=O) groups is 2. The molecule has 0 amide bonds. The summed E-state index contributed by atoms with van der Waals surface area (Å²) < 4.78 is 0. The molecule has 2 aliphatic rings. The van der Waals surface area contributed by atoms with Gasteiger partial charge in [-0.3, -0.25) is 9.59 Å². The highest BCUT2D eigenvalue weighted by molar-refractivity contribution is 5.97. The van der Waals surface area contributed by atoms with Crippen LogP contribution in [0.2, 0.25) is 0 Å². The Morgan fingerprint density at radius 2 is 1.21 bits per heavy atom. The standard InChI is InChI=1S/C12H18O2/c1-11(7-3-5-9(11)13)12(2)8-4-6-10(12)14/h3-8H2,1-2H3/t11-,12-/m0/s1. The van der Waals surface area contributed by atoms with Gasteiger partial charge in [0.15, 0.2) is 0 Å². The predicted octanol–water partition coefficient (Wildman–Crippen LogP) is 2.51. The molecule has 0 aromatic rings. The van der Waals surface area contributed by atoms with E-state index in [4.69, 9.17) is 0 Å². The lowest BCUT2D eigenvalue weighted by molar-refractivity contribution is -0.142. The highest BCUT2D eigenvalue weighted by Crippen LogP contribution is 2.54. The van der Waals surface area contributed by atoms with Crippen molar-refractivity contribution in [3.05, 3.63) is 0 Å². The third kappa shape index (κ3) is 1.03. The SMILES string of the molecule is C[C@]1([C@@]2(C)CCCC2=O)CCCC1=O. The van der Waals surface area contributed by atoms with Gasteiger partial charge in [-0.25, -0.2) is 0 Å². The zero-order chi connectivity index (χ0) is 10.4. The van der Waals surface area contributed by atoms with Gasteiger partial charge in [0.05, 0.1) is 0 Å². The van der Waals surface area contributed by atoms with Gasteiger partial charge in [0.25, 0.3) is 0 Å². The summed E-state index contributed by atoms with van der Waals surface area (Å²) in [5, 5.41) is 0. The molecular weight excluding hydrogens is 176 g/mol. The minimum atomic E-state index is -0.347. The van der Waals surface area contributed by atoms with E-state index in [1.165, 1.54) is 0 Å². The van der Waals surface area contributed by atoms with E-state index in [0.717, 1.165) is 25.7 Å². The van der Waals surface area contributed by atoms with Crippen molar-refractivity contribution in [1.29, 1.82) is 0 Å². The van der Waals surface area contributed by atoms with E-state index in [-0.39, 0.29) is 10.8 Å². The molecule has 0 bridgehead atoms. The molecule has 2 rings (SSSR count). The summed E-state index contributed by atoms with van der Waals surface area (Å²) in [5.74, 6) is 0.630. The Morgan fingerprint density at radius 1 is 0.857 bits per heavy atom. The molecule has 14 heavy (non-hydrogen) atoms. The fourth-order valence-electron chi connectivity index (χ4n) is 3.20. The molecule has 0 N–H and O–H groups in total. The van der Waals surface area contributed by atoms with Crippen molar-refractivity contribution in [3.63, 3.8) is 0 Å². The van der Waals surface area contributed by atoms with E-state index in [1.54, 1.807) is 0 Å². The summed E-state index contributed by atoms with van der Waals surface area (Å²) in [6.07, 6.45) is 5.12. The van der Waals surface area contributed by atoms with Crippen LogP contribution in [0, 0.1) is 10.8 Å². The van der Waals surface area contributed by atoms with Crippen LogP contribution in [0.25, 0.3) is 0 Å². The molecule has 0 unspecified atom stereocenters. The van der Waals surface area contributed by atoms with Crippen LogP contribution in [0.1, 0.15) is 52.4 Å². The first-order valence-corrected chi connectivity index (χ1v) is 5.57. The van der Waals surface area contributed by atoms with Gasteiger partial charge in [-0.05, 0) is 25.7 Å². The molecule has 78 valence electrons. The first kappa shape index (κ1) is 9.88. The maximum absolute atomic E-state index is 11.9. The summed E-state index contributed by atoms with van der Waals surface area (Å²) in [6, 6.07) is 0. The predicted molar refractivity (Wildman–Crippen MR) is 53.9 cm³/mol. The van der Waals surface area contributed by atoms with Crippen molar-refractivity contribution in [3.8, 4) is 0 Å². The van der Waals surface area contributed by atoms with E-state index in [0.29, 0.717) is 24.4 Å². The average Bonchev–Trinajstić information content (AvgIpc) is 2.63. The number of hydrogen-bond acceptors (Lipinski definition) is 2. The molecule has 0 spiro atoms. The monoisotopic (exact) mass is 194 g/mol. The van der Waals surface area contributed by atoms with Crippen molar-refractivity contribution in [2.45, 2.75) is 52.4 Å². The van der Waals surface area contributed by atoms with Crippen molar-refractivity contribution in [2.75, 3.05) is 0 Å². The van der Waals surface area contributed by atoms with E-state index in [1.807, 2.05) is 13.8 Å². The number of carbonyl (C=O) groups excluding carboxylic acids is 2. The number of hydrogen-bond donors (Lipinski definition) is 0. The summed E-state index contributed by atoms with van der Waals surface area (Å²) in [5.41, 5.74) is -0.693. The second-order valence-electron chi connectivity index (χ2n) is 5.22. The molecule has 2 heteroatoms. The zero-order valence-corrected chi connectivity index (χ0v) is 9.06. The average molecular weight is 194 g/mol. The Labute approximate surface area is 85.1 Å². The second kappa shape index (κ2) is 2.91. The summed E-state index contributed by atoms with van der Waals surface area (Å²) in [4.78, 5) is 23.8. The number of rotatable bonds is 1. The largest absolute Gasteiger partial charge is 0.299 e. The Balaban J connectivity index is 2.37. The van der Waals surface area contributed by atoms with Crippen molar-refractivity contribution in [1.82, 2.24) is 0 Å². The fourth-order valence-corrected chi connectivity index (χ4v) is 3.20. The van der Waals surface area contributed by atoms with Crippen LogP contribution in [-0.4, -0.2) is 11.6 Å². The molecule has 0 radical (unpaired) electrons. The third-order valence-electron chi connectivity index (χ3n) is 4.61. The highest BCUT2D eigenvalue weighted by atomic mass is 16.1. The maximum Gasteiger partial charge on any atom is 0.139 e. The van der Waals surface area contributed by atoms with E-state index < -0.39 is 0 Å². The minimum Gasteiger partial charge on any atom is -0.299 e. The van der Waals surface area contributed by atoms with E-state index >= 15 is 0 Å². The van der Waals surface area contributed by atoms with Crippen LogP contribution in [0.3, 0.4) is 0 Å². The van der Waals surface area contributed by atoms with Crippen LogP contribution in [0.15, 0.2) is 0 Å². The van der Waals surface area contributed by atoms with Crippen LogP contribution in [0.4, 0.5) is 0 Å². The van der Waals surface area contributed by atoms with Gasteiger partial charge < -0.3 is 0 Å². The summed E-state index contributed by atoms with van der Waals surface area (Å²) in [7, 11) is 0. The molecule has 0 aliphatic heterocycles. The smallest absolute Gasteiger partial charge is 0.139 e. The van der Waals surface area contributed by atoms with Crippen LogP contribution >= 0.6 is 0 Å². The number of ketones is 2. The molecule has 0 saturated heterocycles. The first-order valence-electron chi connectivity index (χ1n) is 5.57.